The lowest BCUT2D eigenvalue weighted by Crippen LogP contribution is -2.26. The smallest absolute Gasteiger partial charge is 0.326 e. The molecular weight excluding hydrogens is 423 g/mol. The summed E-state index contributed by atoms with van der Waals surface area (Å²) in [5.41, 5.74) is 1.51. The fourth-order valence-corrected chi connectivity index (χ4v) is 3.15. The van der Waals surface area contributed by atoms with Crippen LogP contribution in [0, 0.1) is 5.82 Å². The number of esters is 1. The molecule has 1 aromatic heterocycles. The van der Waals surface area contributed by atoms with E-state index in [1.54, 1.807) is 10.6 Å². The lowest BCUT2D eigenvalue weighted by molar-refractivity contribution is -0.155. The lowest BCUT2D eigenvalue weighted by atomic mass is 10.2. The van der Waals surface area contributed by atoms with Crippen LogP contribution in [0.2, 0.25) is 5.02 Å². The molecular formula is C19H17BrClFN2O2. The molecule has 4 nitrogen and oxygen atoms in total. The van der Waals surface area contributed by atoms with E-state index in [0.717, 1.165) is 9.99 Å². The van der Waals surface area contributed by atoms with Crippen molar-refractivity contribution in [2.45, 2.75) is 32.9 Å². The van der Waals surface area contributed by atoms with E-state index in [-0.39, 0.29) is 17.5 Å². The summed E-state index contributed by atoms with van der Waals surface area (Å²) in [6.07, 6.45) is 0. The zero-order valence-electron chi connectivity index (χ0n) is 14.5. The van der Waals surface area contributed by atoms with Gasteiger partial charge >= 0.3 is 5.97 Å². The van der Waals surface area contributed by atoms with Crippen LogP contribution in [0.5, 0.6) is 0 Å². The molecule has 2 aromatic carbocycles. The van der Waals surface area contributed by atoms with Crippen molar-refractivity contribution < 1.29 is 13.9 Å². The summed E-state index contributed by atoms with van der Waals surface area (Å²) < 4.78 is 21.6. The van der Waals surface area contributed by atoms with E-state index in [9.17, 15) is 9.18 Å². The highest BCUT2D eigenvalue weighted by molar-refractivity contribution is 9.10. The highest BCUT2D eigenvalue weighted by atomic mass is 79.9. The average molecular weight is 440 g/mol. The van der Waals surface area contributed by atoms with Gasteiger partial charge in [0.2, 0.25) is 0 Å². The number of carbonyl (C=O) groups is 1. The van der Waals surface area contributed by atoms with Crippen molar-refractivity contribution in [2.24, 2.45) is 0 Å². The summed E-state index contributed by atoms with van der Waals surface area (Å²) in [6.45, 7) is 5.43. The number of nitrogens with zero attached hydrogens (tertiary/aromatic N) is 2. The van der Waals surface area contributed by atoms with Crippen LogP contribution < -0.4 is 0 Å². The third kappa shape index (κ3) is 4.07. The molecule has 0 aliphatic carbocycles. The Morgan fingerprint density at radius 2 is 2.00 bits per heavy atom. The predicted octanol–water partition coefficient (Wildman–Crippen LogP) is 5.60. The minimum atomic E-state index is -0.587. The van der Waals surface area contributed by atoms with Crippen LogP contribution in [0.15, 0.2) is 40.9 Å². The Hall–Kier alpha value is -1.92. The normalized spacial score (nSPS) is 11.8. The third-order valence-corrected chi connectivity index (χ3v) is 4.38. The quantitative estimate of drug-likeness (QED) is 0.499. The van der Waals surface area contributed by atoms with Gasteiger partial charge in [0.25, 0.3) is 0 Å². The first kappa shape index (κ1) is 18.9. The standard InChI is InChI=1S/C19H17BrClFN2O2/c1-19(2,3)26-17(25)10-24-16-7-5-12(20)9-15(16)23-18(24)11-4-6-14(22)13(21)8-11/h4-9H,10H2,1-3H3. The molecule has 1 heterocycles. The van der Waals surface area contributed by atoms with Gasteiger partial charge in [-0.25, -0.2) is 9.37 Å². The zero-order chi connectivity index (χ0) is 19.1. The fraction of sp³-hybridized carbons (Fsp3) is 0.263. The average Bonchev–Trinajstić information content (AvgIpc) is 2.85. The van der Waals surface area contributed by atoms with Crippen molar-refractivity contribution in [3.8, 4) is 11.4 Å². The van der Waals surface area contributed by atoms with Crippen LogP contribution in [0.25, 0.3) is 22.4 Å². The Balaban J connectivity index is 2.12. The molecule has 0 bridgehead atoms. The van der Waals surface area contributed by atoms with Gasteiger partial charge in [0.15, 0.2) is 0 Å². The van der Waals surface area contributed by atoms with E-state index in [1.165, 1.54) is 12.1 Å². The molecule has 0 fully saturated rings. The number of imidazole rings is 1. The highest BCUT2D eigenvalue weighted by Crippen LogP contribution is 2.29. The molecule has 0 spiro atoms. The molecule has 0 N–H and O–H groups in total. The predicted molar refractivity (Wildman–Crippen MR) is 104 cm³/mol. The molecule has 0 saturated heterocycles. The second kappa shape index (κ2) is 7.00. The summed E-state index contributed by atoms with van der Waals surface area (Å²) in [5.74, 6) is -0.368. The zero-order valence-corrected chi connectivity index (χ0v) is 16.9. The van der Waals surface area contributed by atoms with Crippen LogP contribution in [0.3, 0.4) is 0 Å². The van der Waals surface area contributed by atoms with Crippen LogP contribution in [-0.2, 0) is 16.1 Å². The fourth-order valence-electron chi connectivity index (χ4n) is 2.62. The minimum absolute atomic E-state index is 0.000412. The number of rotatable bonds is 3. The Bertz CT molecular complexity index is 995. The van der Waals surface area contributed by atoms with Crippen molar-refractivity contribution in [1.82, 2.24) is 9.55 Å². The third-order valence-electron chi connectivity index (χ3n) is 3.60. The first-order chi connectivity index (χ1) is 12.1. The molecule has 0 aliphatic rings. The van der Waals surface area contributed by atoms with Gasteiger partial charge in [-0.15, -0.1) is 0 Å². The van der Waals surface area contributed by atoms with Gasteiger partial charge in [0.1, 0.15) is 23.8 Å². The molecule has 0 radical (unpaired) electrons. The van der Waals surface area contributed by atoms with Gasteiger partial charge in [-0.05, 0) is 57.2 Å². The van der Waals surface area contributed by atoms with Gasteiger partial charge in [-0.3, -0.25) is 4.79 Å². The first-order valence-electron chi connectivity index (χ1n) is 7.97. The van der Waals surface area contributed by atoms with Crippen molar-refractivity contribution in [1.29, 1.82) is 0 Å². The molecule has 136 valence electrons. The van der Waals surface area contributed by atoms with Crippen LogP contribution >= 0.6 is 27.5 Å². The number of benzene rings is 2. The molecule has 0 saturated carbocycles. The Morgan fingerprint density at radius 3 is 2.65 bits per heavy atom. The summed E-state index contributed by atoms with van der Waals surface area (Å²) in [7, 11) is 0. The molecule has 7 heteroatoms. The van der Waals surface area contributed by atoms with E-state index in [1.807, 2.05) is 39.0 Å². The second-order valence-corrected chi connectivity index (χ2v) is 8.19. The van der Waals surface area contributed by atoms with Gasteiger partial charge in [-0.1, -0.05) is 27.5 Å². The van der Waals surface area contributed by atoms with E-state index in [0.29, 0.717) is 16.9 Å². The number of carbonyl (C=O) groups excluding carboxylic acids is 1. The number of fused-ring (bicyclic) bond motifs is 1. The van der Waals surface area contributed by atoms with Gasteiger partial charge < -0.3 is 9.30 Å². The number of ether oxygens (including phenoxy) is 1. The largest absolute Gasteiger partial charge is 0.459 e. The maximum absolute atomic E-state index is 13.5. The molecule has 3 aromatic rings. The van der Waals surface area contributed by atoms with E-state index in [4.69, 9.17) is 16.3 Å². The van der Waals surface area contributed by atoms with Crippen molar-refractivity contribution in [3.05, 3.63) is 51.7 Å². The van der Waals surface area contributed by atoms with Crippen molar-refractivity contribution in [2.75, 3.05) is 0 Å². The number of hydrogen-bond donors (Lipinski definition) is 0. The molecule has 0 atom stereocenters. The van der Waals surface area contributed by atoms with Crippen LogP contribution in [0.4, 0.5) is 4.39 Å². The SMILES string of the molecule is CC(C)(C)OC(=O)Cn1c(-c2ccc(F)c(Cl)c2)nc2cc(Br)ccc21. The van der Waals surface area contributed by atoms with Gasteiger partial charge in [-0.2, -0.15) is 0 Å². The summed E-state index contributed by atoms with van der Waals surface area (Å²) >= 11 is 9.34. The van der Waals surface area contributed by atoms with Crippen LogP contribution in [-0.4, -0.2) is 21.1 Å². The number of aromatic nitrogens is 2. The molecule has 0 amide bonds. The lowest BCUT2D eigenvalue weighted by Gasteiger charge is -2.20. The minimum Gasteiger partial charge on any atom is -0.459 e. The Kier molecular flexibility index (Phi) is 5.08. The highest BCUT2D eigenvalue weighted by Gasteiger charge is 2.21. The van der Waals surface area contributed by atoms with Crippen LogP contribution in [0.1, 0.15) is 20.8 Å². The van der Waals surface area contributed by atoms with Gasteiger partial charge in [0, 0.05) is 10.0 Å². The maximum atomic E-state index is 13.5. The molecule has 26 heavy (non-hydrogen) atoms. The monoisotopic (exact) mass is 438 g/mol. The van der Waals surface area contributed by atoms with E-state index in [2.05, 4.69) is 20.9 Å². The Labute approximate surface area is 164 Å². The molecule has 0 unspecified atom stereocenters. The Morgan fingerprint density at radius 1 is 1.27 bits per heavy atom. The van der Waals surface area contributed by atoms with Crippen molar-refractivity contribution in [3.63, 3.8) is 0 Å². The van der Waals surface area contributed by atoms with Gasteiger partial charge in [0.05, 0.1) is 16.1 Å². The summed E-state index contributed by atoms with van der Waals surface area (Å²) in [5, 5.41) is -0.000412. The van der Waals surface area contributed by atoms with Crippen molar-refractivity contribution >= 4 is 44.5 Å². The van der Waals surface area contributed by atoms with E-state index < -0.39 is 11.4 Å². The maximum Gasteiger partial charge on any atom is 0.326 e. The number of halogens is 3. The second-order valence-electron chi connectivity index (χ2n) is 6.87. The topological polar surface area (TPSA) is 44.1 Å². The van der Waals surface area contributed by atoms with E-state index >= 15 is 0 Å². The number of hydrogen-bond acceptors (Lipinski definition) is 3. The molecule has 0 aliphatic heterocycles. The summed E-state index contributed by atoms with van der Waals surface area (Å²) in [6, 6.07) is 9.96. The summed E-state index contributed by atoms with van der Waals surface area (Å²) in [4.78, 5) is 17.0. The first-order valence-corrected chi connectivity index (χ1v) is 9.14. The molecule has 3 rings (SSSR count).